The molecule has 0 aliphatic rings. The first-order valence-electron chi connectivity index (χ1n) is 6.50. The zero-order valence-electron chi connectivity index (χ0n) is 12.5. The molecule has 4 nitrogen and oxygen atoms in total. The summed E-state index contributed by atoms with van der Waals surface area (Å²) in [5, 5.41) is 8.69. The van der Waals surface area contributed by atoms with Crippen LogP contribution in [0.1, 0.15) is 33.3 Å². The molecular formula is C15H22O4S. The third-order valence-corrected chi connectivity index (χ3v) is 4.35. The van der Waals surface area contributed by atoms with Crippen molar-refractivity contribution >= 4 is 16.8 Å². The molecule has 1 rings (SSSR count). The van der Waals surface area contributed by atoms with E-state index in [4.69, 9.17) is 4.74 Å². The molecule has 0 amide bonds. The van der Waals surface area contributed by atoms with Gasteiger partial charge in [-0.1, -0.05) is 17.7 Å². The van der Waals surface area contributed by atoms with Gasteiger partial charge in [-0.25, -0.2) is 0 Å². The molecule has 0 bridgehead atoms. The highest BCUT2D eigenvalue weighted by atomic mass is 32.2. The van der Waals surface area contributed by atoms with Crippen LogP contribution in [0.15, 0.2) is 29.2 Å². The minimum Gasteiger partial charge on any atom is -0.459 e. The lowest BCUT2D eigenvalue weighted by atomic mass is 10.2. The van der Waals surface area contributed by atoms with Gasteiger partial charge >= 0.3 is 5.97 Å². The molecule has 1 aromatic carbocycles. The average molecular weight is 298 g/mol. The standard InChI is InChI=1S/C15H22O4S/c1-10-6-8-12(9-7-10)20(18)13(11(2)16)14(17)19-15(3,4)5/h6-9,11,13,16H,1-5H3/t11-,13+,20?/m1/s1. The molecule has 112 valence electrons. The Morgan fingerprint density at radius 3 is 2.15 bits per heavy atom. The van der Waals surface area contributed by atoms with E-state index in [9.17, 15) is 14.1 Å². The molecule has 5 heteroatoms. The Morgan fingerprint density at radius 2 is 1.75 bits per heavy atom. The summed E-state index contributed by atoms with van der Waals surface area (Å²) in [5.41, 5.74) is 0.360. The van der Waals surface area contributed by atoms with Crippen LogP contribution >= 0.6 is 0 Å². The lowest BCUT2D eigenvalue weighted by Crippen LogP contribution is -2.41. The number of rotatable bonds is 4. The fraction of sp³-hybridized carbons (Fsp3) is 0.533. The molecule has 0 aromatic heterocycles. The van der Waals surface area contributed by atoms with Gasteiger partial charge in [0, 0.05) is 4.90 Å². The Bertz CT molecular complexity index is 486. The summed E-state index contributed by atoms with van der Waals surface area (Å²) in [6, 6.07) is 7.04. The number of ether oxygens (including phenoxy) is 1. The second-order valence-electron chi connectivity index (χ2n) is 5.81. The van der Waals surface area contributed by atoms with Crippen LogP contribution in [0, 0.1) is 6.92 Å². The highest BCUT2D eigenvalue weighted by Gasteiger charge is 2.34. The number of carbonyl (C=O) groups is 1. The van der Waals surface area contributed by atoms with Crippen molar-refractivity contribution in [1.29, 1.82) is 0 Å². The Labute approximate surface area is 122 Å². The van der Waals surface area contributed by atoms with Crippen molar-refractivity contribution in [2.75, 3.05) is 0 Å². The fourth-order valence-corrected chi connectivity index (χ4v) is 2.92. The van der Waals surface area contributed by atoms with Crippen molar-refractivity contribution in [3.63, 3.8) is 0 Å². The molecule has 0 spiro atoms. The van der Waals surface area contributed by atoms with E-state index in [2.05, 4.69) is 0 Å². The van der Waals surface area contributed by atoms with E-state index in [1.54, 1.807) is 32.9 Å². The van der Waals surface area contributed by atoms with Crippen molar-refractivity contribution in [3.8, 4) is 0 Å². The van der Waals surface area contributed by atoms with E-state index < -0.39 is 33.7 Å². The van der Waals surface area contributed by atoms with E-state index in [1.807, 2.05) is 19.1 Å². The molecule has 0 heterocycles. The molecular weight excluding hydrogens is 276 g/mol. The van der Waals surface area contributed by atoms with Crippen LogP contribution in [0.5, 0.6) is 0 Å². The number of aliphatic hydroxyl groups excluding tert-OH is 1. The van der Waals surface area contributed by atoms with Gasteiger partial charge in [0.05, 0.1) is 16.9 Å². The number of aryl methyl sites for hydroxylation is 1. The first-order valence-corrected chi connectivity index (χ1v) is 7.71. The number of esters is 1. The number of carbonyl (C=O) groups excluding carboxylic acids is 1. The van der Waals surface area contributed by atoms with Gasteiger partial charge in [-0.2, -0.15) is 0 Å². The highest BCUT2D eigenvalue weighted by Crippen LogP contribution is 2.19. The summed E-state index contributed by atoms with van der Waals surface area (Å²) >= 11 is 0. The van der Waals surface area contributed by atoms with Crippen molar-refractivity contribution in [2.45, 2.75) is 56.5 Å². The lowest BCUT2D eigenvalue weighted by molar-refractivity contribution is -0.156. The molecule has 20 heavy (non-hydrogen) atoms. The van der Waals surface area contributed by atoms with Gasteiger partial charge < -0.3 is 9.84 Å². The van der Waals surface area contributed by atoms with E-state index >= 15 is 0 Å². The van der Waals surface area contributed by atoms with Gasteiger partial charge in [0.25, 0.3) is 0 Å². The number of aliphatic hydroxyl groups is 1. The maximum absolute atomic E-state index is 12.5. The maximum Gasteiger partial charge on any atom is 0.325 e. The van der Waals surface area contributed by atoms with Crippen LogP contribution in [0.25, 0.3) is 0 Å². The van der Waals surface area contributed by atoms with E-state index in [0.717, 1.165) is 5.56 Å². The summed E-state index contributed by atoms with van der Waals surface area (Å²) in [4.78, 5) is 12.6. The van der Waals surface area contributed by atoms with E-state index in [1.165, 1.54) is 6.92 Å². The number of benzene rings is 1. The molecule has 0 saturated carbocycles. The molecule has 0 radical (unpaired) electrons. The van der Waals surface area contributed by atoms with Crippen LogP contribution in [0.2, 0.25) is 0 Å². The third-order valence-electron chi connectivity index (χ3n) is 2.56. The van der Waals surface area contributed by atoms with Crippen molar-refractivity contribution in [2.24, 2.45) is 0 Å². The molecule has 1 N–H and O–H groups in total. The monoisotopic (exact) mass is 298 g/mol. The summed E-state index contributed by atoms with van der Waals surface area (Å²) in [6.07, 6.45) is -1.05. The third kappa shape index (κ3) is 4.72. The molecule has 1 unspecified atom stereocenters. The van der Waals surface area contributed by atoms with Crippen molar-refractivity contribution in [3.05, 3.63) is 29.8 Å². The Kier molecular flexibility index (Phi) is 5.48. The Balaban J connectivity index is 2.99. The summed E-state index contributed by atoms with van der Waals surface area (Å²) < 4.78 is 17.7. The maximum atomic E-state index is 12.5. The summed E-state index contributed by atoms with van der Waals surface area (Å²) in [6.45, 7) is 8.57. The minimum absolute atomic E-state index is 0.507. The predicted octanol–water partition coefficient (Wildman–Crippen LogP) is 2.19. The van der Waals surface area contributed by atoms with Crippen LogP contribution in [-0.4, -0.2) is 32.2 Å². The second kappa shape index (κ2) is 6.50. The summed E-state index contributed by atoms with van der Waals surface area (Å²) in [5.74, 6) is -0.647. The first kappa shape index (κ1) is 16.9. The fourth-order valence-electron chi connectivity index (χ4n) is 1.64. The zero-order chi connectivity index (χ0) is 15.5. The van der Waals surface area contributed by atoms with E-state index in [0.29, 0.717) is 4.90 Å². The molecule has 0 aliphatic carbocycles. The molecule has 0 saturated heterocycles. The number of hydrogen-bond acceptors (Lipinski definition) is 4. The van der Waals surface area contributed by atoms with Crippen molar-refractivity contribution < 1.29 is 18.8 Å². The van der Waals surface area contributed by atoms with Crippen LogP contribution in [0.3, 0.4) is 0 Å². The SMILES string of the molecule is Cc1ccc(S(=O)[C@H](C(=O)OC(C)(C)C)[C@@H](C)O)cc1. The molecule has 0 fully saturated rings. The Morgan fingerprint density at radius 1 is 1.25 bits per heavy atom. The van der Waals surface area contributed by atoms with Gasteiger partial charge in [0.2, 0.25) is 0 Å². The van der Waals surface area contributed by atoms with Gasteiger partial charge in [0.15, 0.2) is 5.25 Å². The Hall–Kier alpha value is -1.20. The van der Waals surface area contributed by atoms with Crippen LogP contribution in [0.4, 0.5) is 0 Å². The molecule has 3 atom stereocenters. The molecule has 0 aliphatic heterocycles. The lowest BCUT2D eigenvalue weighted by Gasteiger charge is -2.25. The van der Waals surface area contributed by atoms with Gasteiger partial charge in [-0.15, -0.1) is 0 Å². The zero-order valence-corrected chi connectivity index (χ0v) is 13.4. The highest BCUT2D eigenvalue weighted by molar-refractivity contribution is 7.86. The summed E-state index contributed by atoms with van der Waals surface area (Å²) in [7, 11) is -1.65. The van der Waals surface area contributed by atoms with Crippen LogP contribution in [-0.2, 0) is 20.3 Å². The van der Waals surface area contributed by atoms with Crippen LogP contribution < -0.4 is 0 Å². The quantitative estimate of drug-likeness (QED) is 0.866. The smallest absolute Gasteiger partial charge is 0.325 e. The van der Waals surface area contributed by atoms with Gasteiger partial charge in [-0.3, -0.25) is 9.00 Å². The van der Waals surface area contributed by atoms with Crippen molar-refractivity contribution in [1.82, 2.24) is 0 Å². The normalized spacial score (nSPS) is 16.3. The first-order chi connectivity index (χ1) is 9.11. The predicted molar refractivity (Wildman–Crippen MR) is 78.9 cm³/mol. The minimum atomic E-state index is -1.65. The second-order valence-corrected chi connectivity index (χ2v) is 7.38. The topological polar surface area (TPSA) is 63.6 Å². The largest absolute Gasteiger partial charge is 0.459 e. The van der Waals surface area contributed by atoms with E-state index in [-0.39, 0.29) is 0 Å². The number of hydrogen-bond donors (Lipinski definition) is 1. The average Bonchev–Trinajstić information content (AvgIpc) is 2.26. The van der Waals surface area contributed by atoms with Gasteiger partial charge in [-0.05, 0) is 46.8 Å². The van der Waals surface area contributed by atoms with Gasteiger partial charge in [0.1, 0.15) is 5.60 Å². The molecule has 1 aromatic rings.